The SMILES string of the molecule is N#Cc1cc(-c2nc(-c3ccccc3)nc(-c3ccccc3)n2)c2oc3ccccc3c2c1-n1c2ccccc2c2c3sc4ccccc4c3ccc21. The van der Waals surface area contributed by atoms with Gasteiger partial charge < -0.3 is 8.98 Å². The van der Waals surface area contributed by atoms with Crippen molar-refractivity contribution < 1.29 is 4.42 Å². The molecule has 0 saturated heterocycles. The molecule has 0 aliphatic carbocycles. The summed E-state index contributed by atoms with van der Waals surface area (Å²) in [6.07, 6.45) is 0. The predicted octanol–water partition coefficient (Wildman–Crippen LogP) is 12.1. The number of hydrogen-bond acceptors (Lipinski definition) is 6. The van der Waals surface area contributed by atoms with E-state index in [-0.39, 0.29) is 0 Å². The molecule has 0 saturated carbocycles. The Bertz CT molecular complexity index is 3240. The Kier molecular flexibility index (Phi) is 6.38. The van der Waals surface area contributed by atoms with Crippen molar-refractivity contribution >= 4 is 75.3 Å². The number of furan rings is 1. The number of fused-ring (bicyclic) bond motifs is 10. The monoisotopic (exact) mass is 695 g/mol. The number of nitriles is 1. The second-order valence-electron chi connectivity index (χ2n) is 13.1. The van der Waals surface area contributed by atoms with Crippen LogP contribution < -0.4 is 0 Å². The van der Waals surface area contributed by atoms with Crippen LogP contribution in [0.1, 0.15) is 5.56 Å². The van der Waals surface area contributed by atoms with E-state index in [2.05, 4.69) is 77.4 Å². The molecule has 0 aliphatic rings. The van der Waals surface area contributed by atoms with E-state index in [0.29, 0.717) is 39.8 Å². The van der Waals surface area contributed by atoms with Gasteiger partial charge in [0.25, 0.3) is 0 Å². The Balaban J connectivity index is 1.27. The Labute approximate surface area is 306 Å². The Hall–Kier alpha value is -7.14. The molecule has 0 atom stereocenters. The van der Waals surface area contributed by atoms with Crippen molar-refractivity contribution in [2.45, 2.75) is 0 Å². The Morgan fingerprint density at radius 3 is 1.91 bits per heavy atom. The fourth-order valence-corrected chi connectivity index (χ4v) is 9.03. The van der Waals surface area contributed by atoms with Gasteiger partial charge in [0.15, 0.2) is 17.5 Å². The summed E-state index contributed by atoms with van der Waals surface area (Å²) in [5.41, 5.74) is 6.98. The molecular weight excluding hydrogens is 671 g/mol. The van der Waals surface area contributed by atoms with Crippen LogP contribution >= 0.6 is 11.3 Å². The fraction of sp³-hybridized carbons (Fsp3) is 0. The van der Waals surface area contributed by atoms with E-state index < -0.39 is 0 Å². The molecule has 0 N–H and O–H groups in total. The standard InChI is InChI=1S/C46H25N5OS/c47-26-29-25-34(46-49-44(27-13-3-1-4-14-27)48-45(50-46)28-15-5-2-6-16-28)42-40(33-19-8-11-21-37(33)52-42)41(29)51-35-20-10-7-18-32(35)39-36(51)24-23-31-30-17-9-12-22-38(30)53-43(31)39/h1-25H. The first kappa shape index (κ1) is 29.6. The molecular formula is C46H25N5OS. The van der Waals surface area contributed by atoms with Crippen LogP contribution in [-0.2, 0) is 0 Å². The third kappa shape index (κ3) is 4.40. The summed E-state index contributed by atoms with van der Waals surface area (Å²) in [5.74, 6) is 1.51. The highest BCUT2D eigenvalue weighted by molar-refractivity contribution is 7.26. The summed E-state index contributed by atoms with van der Waals surface area (Å²) in [4.78, 5) is 15.0. The number of aromatic nitrogens is 4. The average molecular weight is 696 g/mol. The largest absolute Gasteiger partial charge is 0.455 e. The third-order valence-electron chi connectivity index (χ3n) is 10.1. The smallest absolute Gasteiger partial charge is 0.167 e. The summed E-state index contributed by atoms with van der Waals surface area (Å²) in [7, 11) is 0. The van der Waals surface area contributed by atoms with Crippen molar-refractivity contribution in [1.29, 1.82) is 5.26 Å². The highest BCUT2D eigenvalue weighted by Crippen LogP contribution is 2.47. The van der Waals surface area contributed by atoms with E-state index in [1.165, 1.54) is 25.6 Å². The van der Waals surface area contributed by atoms with Crippen LogP contribution in [0.2, 0.25) is 0 Å². The van der Waals surface area contributed by atoms with Crippen LogP contribution in [0, 0.1) is 11.3 Å². The summed E-state index contributed by atoms with van der Waals surface area (Å²) in [6.45, 7) is 0. The first-order chi connectivity index (χ1) is 26.2. The van der Waals surface area contributed by atoms with E-state index in [9.17, 15) is 5.26 Å². The molecule has 6 nitrogen and oxygen atoms in total. The summed E-state index contributed by atoms with van der Waals surface area (Å²) in [5, 5.41) is 17.6. The van der Waals surface area contributed by atoms with Gasteiger partial charge in [-0.15, -0.1) is 11.3 Å². The summed E-state index contributed by atoms with van der Waals surface area (Å²) >= 11 is 1.81. The number of nitrogens with zero attached hydrogens (tertiary/aromatic N) is 5. The molecule has 7 heteroatoms. The van der Waals surface area contributed by atoms with Gasteiger partial charge in [0, 0.05) is 47.5 Å². The number of rotatable bonds is 4. The molecule has 246 valence electrons. The van der Waals surface area contributed by atoms with E-state index in [1.807, 2.05) is 96.3 Å². The normalized spacial score (nSPS) is 11.8. The van der Waals surface area contributed by atoms with E-state index >= 15 is 0 Å². The topological polar surface area (TPSA) is 80.5 Å². The third-order valence-corrected chi connectivity index (χ3v) is 11.3. The zero-order valence-corrected chi connectivity index (χ0v) is 28.8. The van der Waals surface area contributed by atoms with Gasteiger partial charge in [0.2, 0.25) is 0 Å². The van der Waals surface area contributed by atoms with Gasteiger partial charge in [0.05, 0.1) is 33.2 Å². The number of para-hydroxylation sites is 2. The lowest BCUT2D eigenvalue weighted by atomic mass is 10.0. The Morgan fingerprint density at radius 1 is 0.547 bits per heavy atom. The molecule has 0 fully saturated rings. The molecule has 4 heterocycles. The van der Waals surface area contributed by atoms with E-state index in [4.69, 9.17) is 19.4 Å². The molecule has 0 radical (unpaired) electrons. The van der Waals surface area contributed by atoms with Crippen LogP contribution in [0.3, 0.4) is 0 Å². The molecule has 0 unspecified atom stereocenters. The van der Waals surface area contributed by atoms with E-state index in [0.717, 1.165) is 44.0 Å². The zero-order valence-electron chi connectivity index (χ0n) is 28.0. The lowest BCUT2D eigenvalue weighted by Gasteiger charge is -2.14. The maximum Gasteiger partial charge on any atom is 0.167 e. The second kappa shape index (κ2) is 11.4. The molecule has 4 aromatic heterocycles. The van der Waals surface area contributed by atoms with Gasteiger partial charge in [-0.2, -0.15) is 5.26 Å². The minimum Gasteiger partial charge on any atom is -0.455 e. The maximum absolute atomic E-state index is 11.1. The summed E-state index contributed by atoms with van der Waals surface area (Å²) in [6, 6.07) is 53.8. The highest BCUT2D eigenvalue weighted by Gasteiger charge is 2.27. The fourth-order valence-electron chi connectivity index (χ4n) is 7.77. The lowest BCUT2D eigenvalue weighted by Crippen LogP contribution is -2.03. The molecule has 0 aliphatic heterocycles. The molecule has 0 bridgehead atoms. The van der Waals surface area contributed by atoms with Gasteiger partial charge >= 0.3 is 0 Å². The molecule has 0 spiro atoms. The van der Waals surface area contributed by atoms with Crippen molar-refractivity contribution in [2.75, 3.05) is 0 Å². The number of hydrogen-bond donors (Lipinski definition) is 0. The second-order valence-corrected chi connectivity index (χ2v) is 14.1. The van der Waals surface area contributed by atoms with Crippen molar-refractivity contribution in [2.24, 2.45) is 0 Å². The average Bonchev–Trinajstić information content (AvgIpc) is 3.91. The predicted molar refractivity (Wildman–Crippen MR) is 215 cm³/mol. The van der Waals surface area contributed by atoms with E-state index in [1.54, 1.807) is 0 Å². The molecule has 11 aromatic rings. The molecule has 7 aromatic carbocycles. The van der Waals surface area contributed by atoms with Gasteiger partial charge in [-0.1, -0.05) is 121 Å². The van der Waals surface area contributed by atoms with Crippen molar-refractivity contribution in [1.82, 2.24) is 19.5 Å². The molecule has 11 rings (SSSR count). The van der Waals surface area contributed by atoms with Crippen LogP contribution in [0.15, 0.2) is 156 Å². The van der Waals surface area contributed by atoms with Gasteiger partial charge in [0.1, 0.15) is 17.2 Å². The minimum atomic E-state index is 0.430. The quantitative estimate of drug-likeness (QED) is 0.183. The van der Waals surface area contributed by atoms with Crippen LogP contribution in [0.4, 0.5) is 0 Å². The van der Waals surface area contributed by atoms with Crippen molar-refractivity contribution in [3.63, 3.8) is 0 Å². The molecule has 0 amide bonds. The van der Waals surface area contributed by atoms with Crippen molar-refractivity contribution in [3.8, 4) is 45.9 Å². The van der Waals surface area contributed by atoms with Gasteiger partial charge in [-0.25, -0.2) is 15.0 Å². The minimum absolute atomic E-state index is 0.430. The maximum atomic E-state index is 11.1. The Morgan fingerprint density at radius 2 is 1.17 bits per heavy atom. The van der Waals surface area contributed by atoms with Crippen molar-refractivity contribution in [3.05, 3.63) is 157 Å². The summed E-state index contributed by atoms with van der Waals surface area (Å²) < 4.78 is 11.5. The first-order valence-electron chi connectivity index (χ1n) is 17.3. The zero-order chi connectivity index (χ0) is 35.0. The van der Waals surface area contributed by atoms with Crippen LogP contribution in [0.5, 0.6) is 0 Å². The number of thiophene rings is 1. The molecule has 53 heavy (non-hydrogen) atoms. The van der Waals surface area contributed by atoms with Gasteiger partial charge in [-0.05, 0) is 30.3 Å². The lowest BCUT2D eigenvalue weighted by molar-refractivity contribution is 0.669. The first-order valence-corrected chi connectivity index (χ1v) is 18.2. The number of benzene rings is 7. The van der Waals surface area contributed by atoms with Crippen LogP contribution in [-0.4, -0.2) is 19.5 Å². The van der Waals surface area contributed by atoms with Crippen LogP contribution in [0.25, 0.3) is 104 Å². The highest BCUT2D eigenvalue weighted by atomic mass is 32.1. The van der Waals surface area contributed by atoms with Gasteiger partial charge in [-0.3, -0.25) is 0 Å².